The fourth-order valence-electron chi connectivity index (χ4n) is 1.97. The molecule has 0 spiro atoms. The molecule has 1 heterocycles. The average molecular weight is 360 g/mol. The lowest BCUT2D eigenvalue weighted by molar-refractivity contribution is -0.278. The van der Waals surface area contributed by atoms with Gasteiger partial charge in [0.2, 0.25) is 5.95 Å². The van der Waals surface area contributed by atoms with Crippen LogP contribution < -0.4 is 20.2 Å². The highest BCUT2D eigenvalue weighted by Gasteiger charge is 2.44. The number of rotatable bonds is 5. The van der Waals surface area contributed by atoms with E-state index in [0.29, 0.717) is 6.07 Å². The Balaban J connectivity index is 2.78. The fourth-order valence-corrected chi connectivity index (χ4v) is 1.97. The summed E-state index contributed by atoms with van der Waals surface area (Å²) in [6.45, 7) is 0. The fraction of sp³-hybridized carbons (Fsp3) is 0. The molecule has 136 valence electrons. The summed E-state index contributed by atoms with van der Waals surface area (Å²) in [4.78, 5) is -2.96. The van der Waals surface area contributed by atoms with Gasteiger partial charge in [-0.3, -0.25) is 0 Å². The van der Waals surface area contributed by atoms with Gasteiger partial charge in [0.1, 0.15) is 5.69 Å². The van der Waals surface area contributed by atoms with Crippen molar-refractivity contribution < 1.29 is 31.2 Å². The number of hydrogen-bond donors (Lipinski definition) is 7. The van der Waals surface area contributed by atoms with Gasteiger partial charge >= 0.3 is 5.69 Å². The van der Waals surface area contributed by atoms with Crippen LogP contribution in [0.5, 0.6) is 0 Å². The first kappa shape index (κ1) is 19.0. The lowest BCUT2D eigenvalue weighted by atomic mass is 10.2. The zero-order chi connectivity index (χ0) is 19.0. The topological polar surface area (TPSA) is 228 Å². The predicted octanol–water partition coefficient (Wildman–Crippen LogP) is 0.971. The highest BCUT2D eigenvalue weighted by Crippen LogP contribution is 2.48. The number of anilines is 2. The molecule has 0 aliphatic rings. The molecule has 2 aromatic rings. The molecule has 0 saturated heterocycles. The zero-order valence-corrected chi connectivity index (χ0v) is 12.0. The molecule has 0 aliphatic carbocycles. The highest BCUT2D eigenvalue weighted by atomic mass is 17.1. The summed E-state index contributed by atoms with van der Waals surface area (Å²) in [5.74, 6) is -0.216. The van der Waals surface area contributed by atoms with Crippen LogP contribution in [0.3, 0.4) is 0 Å². The lowest BCUT2D eigenvalue weighted by Crippen LogP contribution is -2.45. The standard InChI is InChI=1S/C10H12N6O9/c17-14(18,19)7-3-2-6(13-10-11-4-1-5-12-10)8(15(20,21)22)9(7)16(23,24)25/h1-5,17-18,20-21,23-24H,(H,11,12,13). The monoisotopic (exact) mass is 360 g/mol. The third kappa shape index (κ3) is 4.18. The molecule has 2 rings (SSSR count). The second-order valence-corrected chi connectivity index (χ2v) is 4.66. The van der Waals surface area contributed by atoms with Crippen molar-refractivity contribution in [1.29, 1.82) is 0 Å². The number of nitrogens with zero attached hydrogens (tertiary/aromatic N) is 5. The van der Waals surface area contributed by atoms with Crippen LogP contribution in [0, 0.1) is 15.6 Å². The third-order valence-corrected chi connectivity index (χ3v) is 2.84. The molecule has 0 aliphatic heterocycles. The average Bonchev–Trinajstić information content (AvgIpc) is 2.44. The molecular formula is C10H12N6O9. The van der Waals surface area contributed by atoms with Gasteiger partial charge in [-0.25, -0.2) is 9.97 Å². The minimum Gasteiger partial charge on any atom is -0.559 e. The van der Waals surface area contributed by atoms with E-state index >= 15 is 0 Å². The molecule has 7 N–H and O–H groups in total. The van der Waals surface area contributed by atoms with Gasteiger partial charge in [0.25, 0.3) is 11.4 Å². The summed E-state index contributed by atoms with van der Waals surface area (Å²) in [6, 6.07) is 2.69. The molecule has 25 heavy (non-hydrogen) atoms. The summed E-state index contributed by atoms with van der Waals surface area (Å²) in [7, 11) is 0. The van der Waals surface area contributed by atoms with Crippen molar-refractivity contribution in [1.82, 2.24) is 24.9 Å². The Bertz CT molecular complexity index is 752. The van der Waals surface area contributed by atoms with Gasteiger partial charge in [-0.15, -0.1) is 0 Å². The Labute approximate surface area is 137 Å². The number of hydrogen-bond acceptors (Lipinski definition) is 12. The zero-order valence-electron chi connectivity index (χ0n) is 12.0. The lowest BCUT2D eigenvalue weighted by Gasteiger charge is -2.33. The van der Waals surface area contributed by atoms with Crippen LogP contribution >= 0.6 is 0 Å². The molecule has 0 fully saturated rings. The maximum absolute atomic E-state index is 11.6. The van der Waals surface area contributed by atoms with Gasteiger partial charge in [0.05, 0.1) is 0 Å². The molecule has 15 heteroatoms. The van der Waals surface area contributed by atoms with Crippen molar-refractivity contribution in [3.05, 3.63) is 46.2 Å². The Morgan fingerprint density at radius 3 is 1.72 bits per heavy atom. The van der Waals surface area contributed by atoms with Crippen molar-refractivity contribution in [2.75, 3.05) is 5.32 Å². The van der Waals surface area contributed by atoms with Crippen molar-refractivity contribution in [3.8, 4) is 0 Å². The van der Waals surface area contributed by atoms with Gasteiger partial charge < -0.3 is 20.9 Å². The number of aromatic nitrogens is 2. The number of benzene rings is 1. The van der Waals surface area contributed by atoms with Crippen LogP contribution in [0.4, 0.5) is 28.7 Å². The molecule has 0 bridgehead atoms. The van der Waals surface area contributed by atoms with Crippen LogP contribution in [-0.2, 0) is 0 Å². The van der Waals surface area contributed by atoms with E-state index in [4.69, 9.17) is 10.4 Å². The van der Waals surface area contributed by atoms with Crippen molar-refractivity contribution in [3.63, 3.8) is 0 Å². The summed E-state index contributed by atoms with van der Waals surface area (Å²) >= 11 is 0. The van der Waals surface area contributed by atoms with E-state index in [1.165, 1.54) is 18.5 Å². The molecule has 1 aromatic heterocycles. The second kappa shape index (κ2) is 6.16. The van der Waals surface area contributed by atoms with Gasteiger partial charge in [0.15, 0.2) is 0 Å². The van der Waals surface area contributed by atoms with E-state index in [2.05, 4.69) is 15.3 Å². The maximum Gasteiger partial charge on any atom is 0.337 e. The molecule has 0 saturated carbocycles. The summed E-state index contributed by atoms with van der Waals surface area (Å²) in [5, 5.41) is 91.7. The molecule has 1 aromatic carbocycles. The predicted molar refractivity (Wildman–Crippen MR) is 78.0 cm³/mol. The largest absolute Gasteiger partial charge is 0.559 e. The Morgan fingerprint density at radius 2 is 1.28 bits per heavy atom. The van der Waals surface area contributed by atoms with Gasteiger partial charge in [0, 0.05) is 18.5 Å². The first-order valence-electron chi connectivity index (χ1n) is 6.21. The second-order valence-electron chi connectivity index (χ2n) is 4.66. The van der Waals surface area contributed by atoms with Crippen molar-refractivity contribution in [2.24, 2.45) is 0 Å². The van der Waals surface area contributed by atoms with Crippen LogP contribution in [0.25, 0.3) is 0 Å². The number of quaternary nitrogens is 3. The van der Waals surface area contributed by atoms with Crippen LogP contribution in [0.15, 0.2) is 30.6 Å². The minimum atomic E-state index is -3.55. The molecule has 15 nitrogen and oxygen atoms in total. The van der Waals surface area contributed by atoms with E-state index in [1.807, 2.05) is 0 Å². The molecule has 0 radical (unpaired) electrons. The van der Waals surface area contributed by atoms with E-state index in [1.54, 1.807) is 0 Å². The van der Waals surface area contributed by atoms with Crippen LogP contribution in [-0.4, -0.2) is 41.2 Å². The Morgan fingerprint density at radius 1 is 0.760 bits per heavy atom. The van der Waals surface area contributed by atoms with E-state index in [-0.39, 0.29) is 5.95 Å². The van der Waals surface area contributed by atoms with Gasteiger partial charge in [-0.2, -0.15) is 31.2 Å². The quantitative estimate of drug-likeness (QED) is 0.292. The molecule has 0 amide bonds. The SMILES string of the molecule is [O-][N+](O)(O)c1ccc(Nc2ncccn2)c([N+]([O-])(O)O)c1[N+]([O-])(O)O. The number of nitrogens with one attached hydrogen (secondary N) is 1. The van der Waals surface area contributed by atoms with E-state index < -0.39 is 37.7 Å². The maximum atomic E-state index is 11.6. The first-order chi connectivity index (χ1) is 11.3. The smallest absolute Gasteiger partial charge is 0.337 e. The van der Waals surface area contributed by atoms with E-state index in [9.17, 15) is 36.5 Å². The Hall–Kier alpha value is -2.38. The van der Waals surface area contributed by atoms with Gasteiger partial charge in [-0.1, -0.05) is 0 Å². The third-order valence-electron chi connectivity index (χ3n) is 2.84. The summed E-state index contributed by atoms with van der Waals surface area (Å²) in [6.07, 6.45) is 2.52. The van der Waals surface area contributed by atoms with Crippen LogP contribution in [0.1, 0.15) is 0 Å². The highest BCUT2D eigenvalue weighted by molar-refractivity contribution is 5.89. The molecule has 0 atom stereocenters. The normalized spacial score (nSPS) is 13.0. The first-order valence-corrected chi connectivity index (χ1v) is 6.21. The van der Waals surface area contributed by atoms with Crippen molar-refractivity contribution >= 4 is 28.7 Å². The molecular weight excluding hydrogens is 348 g/mol. The van der Waals surface area contributed by atoms with E-state index in [0.717, 1.165) is 6.07 Å². The van der Waals surface area contributed by atoms with Gasteiger partial charge in [-0.05, 0) is 27.1 Å². The summed E-state index contributed by atoms with van der Waals surface area (Å²) in [5.41, 5.74) is -5.43. The van der Waals surface area contributed by atoms with Crippen LogP contribution in [0.2, 0.25) is 0 Å². The minimum absolute atomic E-state index is 0.216. The summed E-state index contributed by atoms with van der Waals surface area (Å²) < 4.78 is 0. The Kier molecular flexibility index (Phi) is 4.67. The van der Waals surface area contributed by atoms with Crippen molar-refractivity contribution in [2.45, 2.75) is 0 Å². The molecule has 0 unspecified atom stereocenters.